The molecule has 1 rings (SSSR count). The zero-order valence-corrected chi connectivity index (χ0v) is 7.35. The molecule has 0 aliphatic carbocycles. The predicted molar refractivity (Wildman–Crippen MR) is 48.9 cm³/mol. The smallest absolute Gasteiger partial charge is 0.235 e. The van der Waals surface area contributed by atoms with Crippen LogP contribution in [-0.4, -0.2) is 5.91 Å². The zero-order chi connectivity index (χ0) is 8.97. The molecule has 4 heteroatoms. The molecule has 0 aliphatic heterocycles. The number of carbonyl (C=O) groups is 1. The van der Waals surface area contributed by atoms with E-state index < -0.39 is 0 Å². The second-order valence-electron chi connectivity index (χ2n) is 2.29. The average Bonchev–Trinajstić information content (AvgIpc) is 2.03. The van der Waals surface area contributed by atoms with Gasteiger partial charge in [-0.1, -0.05) is 23.7 Å². The minimum Gasteiger partial charge on any atom is -0.297 e. The summed E-state index contributed by atoms with van der Waals surface area (Å²) < 4.78 is 0. The lowest BCUT2D eigenvalue weighted by Gasteiger charge is -2.06. The normalized spacial score (nSPS) is 9.17. The third-order valence-corrected chi connectivity index (χ3v) is 1.58. The highest BCUT2D eigenvalue weighted by atomic mass is 35.5. The number of hydrazine groups is 1. The van der Waals surface area contributed by atoms with Crippen molar-refractivity contribution in [2.45, 2.75) is 6.92 Å². The highest BCUT2D eigenvalue weighted by molar-refractivity contribution is 6.33. The van der Waals surface area contributed by atoms with Crippen molar-refractivity contribution < 1.29 is 4.79 Å². The van der Waals surface area contributed by atoms with E-state index in [2.05, 4.69) is 10.9 Å². The Labute approximate surface area is 75.7 Å². The Morgan fingerprint density at radius 3 is 2.67 bits per heavy atom. The number of halogens is 1. The van der Waals surface area contributed by atoms with E-state index in [4.69, 9.17) is 11.6 Å². The van der Waals surface area contributed by atoms with Crippen LogP contribution >= 0.6 is 11.6 Å². The maximum Gasteiger partial charge on any atom is 0.235 e. The summed E-state index contributed by atoms with van der Waals surface area (Å²) in [5.74, 6) is -0.157. The first kappa shape index (κ1) is 8.87. The van der Waals surface area contributed by atoms with Gasteiger partial charge in [0.15, 0.2) is 0 Å². The van der Waals surface area contributed by atoms with Crippen molar-refractivity contribution in [1.29, 1.82) is 0 Å². The van der Waals surface area contributed by atoms with E-state index in [9.17, 15) is 4.79 Å². The molecule has 0 fully saturated rings. The Kier molecular flexibility index (Phi) is 2.94. The Hall–Kier alpha value is -1.22. The second-order valence-corrected chi connectivity index (χ2v) is 2.69. The van der Waals surface area contributed by atoms with Gasteiger partial charge in [0, 0.05) is 6.92 Å². The van der Waals surface area contributed by atoms with Crippen molar-refractivity contribution in [2.75, 3.05) is 5.43 Å². The molecular formula is C8H9ClN2O. The Morgan fingerprint density at radius 2 is 2.08 bits per heavy atom. The van der Waals surface area contributed by atoms with E-state index in [-0.39, 0.29) is 5.91 Å². The molecule has 0 spiro atoms. The van der Waals surface area contributed by atoms with Crippen LogP contribution in [-0.2, 0) is 4.79 Å². The third kappa shape index (κ3) is 2.43. The summed E-state index contributed by atoms with van der Waals surface area (Å²) >= 11 is 5.79. The maximum absolute atomic E-state index is 10.5. The van der Waals surface area contributed by atoms with Gasteiger partial charge in [-0.25, -0.2) is 0 Å². The third-order valence-electron chi connectivity index (χ3n) is 1.25. The van der Waals surface area contributed by atoms with Gasteiger partial charge in [-0.3, -0.25) is 15.6 Å². The zero-order valence-electron chi connectivity index (χ0n) is 6.60. The summed E-state index contributed by atoms with van der Waals surface area (Å²) in [7, 11) is 0. The molecule has 12 heavy (non-hydrogen) atoms. The summed E-state index contributed by atoms with van der Waals surface area (Å²) in [6.07, 6.45) is 0. The van der Waals surface area contributed by atoms with Crippen LogP contribution in [0.15, 0.2) is 24.3 Å². The van der Waals surface area contributed by atoms with Crippen molar-refractivity contribution in [2.24, 2.45) is 0 Å². The molecule has 0 heterocycles. The second kappa shape index (κ2) is 3.97. The van der Waals surface area contributed by atoms with E-state index in [0.717, 1.165) is 0 Å². The van der Waals surface area contributed by atoms with Gasteiger partial charge < -0.3 is 0 Å². The minimum absolute atomic E-state index is 0.157. The molecule has 0 atom stereocenters. The first-order valence-corrected chi connectivity index (χ1v) is 3.85. The number of carbonyl (C=O) groups excluding carboxylic acids is 1. The predicted octanol–water partition coefficient (Wildman–Crippen LogP) is 1.80. The molecule has 2 N–H and O–H groups in total. The summed E-state index contributed by atoms with van der Waals surface area (Å²) in [5.41, 5.74) is 5.80. The lowest BCUT2D eigenvalue weighted by Crippen LogP contribution is -2.26. The van der Waals surface area contributed by atoms with Crippen LogP contribution in [0.5, 0.6) is 0 Å². The first-order chi connectivity index (χ1) is 5.70. The van der Waals surface area contributed by atoms with E-state index in [0.29, 0.717) is 10.7 Å². The van der Waals surface area contributed by atoms with Gasteiger partial charge in [0.05, 0.1) is 10.7 Å². The molecule has 0 aliphatic rings. The molecule has 0 saturated heterocycles. The summed E-state index contributed by atoms with van der Waals surface area (Å²) in [6.45, 7) is 1.42. The maximum atomic E-state index is 10.5. The number of amides is 1. The van der Waals surface area contributed by atoms with Crippen LogP contribution in [0.2, 0.25) is 5.02 Å². The SMILES string of the molecule is CC(=O)NNc1ccccc1Cl. The molecule has 0 bridgehead atoms. The van der Waals surface area contributed by atoms with Gasteiger partial charge in [-0.15, -0.1) is 0 Å². The van der Waals surface area contributed by atoms with Crippen LogP contribution in [0.1, 0.15) is 6.92 Å². The highest BCUT2D eigenvalue weighted by Crippen LogP contribution is 2.18. The van der Waals surface area contributed by atoms with Crippen molar-refractivity contribution in [3.05, 3.63) is 29.3 Å². The van der Waals surface area contributed by atoms with Crippen molar-refractivity contribution >= 4 is 23.2 Å². The first-order valence-electron chi connectivity index (χ1n) is 3.47. The number of benzene rings is 1. The molecule has 64 valence electrons. The molecule has 1 aromatic carbocycles. The molecule has 1 amide bonds. The van der Waals surface area contributed by atoms with E-state index in [1.165, 1.54) is 6.92 Å². The van der Waals surface area contributed by atoms with Gasteiger partial charge in [-0.2, -0.15) is 0 Å². The lowest BCUT2D eigenvalue weighted by atomic mass is 10.3. The van der Waals surface area contributed by atoms with Crippen LogP contribution in [0.25, 0.3) is 0 Å². The largest absolute Gasteiger partial charge is 0.297 e. The van der Waals surface area contributed by atoms with Crippen LogP contribution < -0.4 is 10.9 Å². The standard InChI is InChI=1S/C8H9ClN2O/c1-6(12)10-11-8-5-3-2-4-7(8)9/h2-5,11H,1H3,(H,10,12). The van der Waals surface area contributed by atoms with Gasteiger partial charge in [0.1, 0.15) is 0 Å². The molecule has 1 aromatic rings. The number of hydrogen-bond acceptors (Lipinski definition) is 2. The molecular weight excluding hydrogens is 176 g/mol. The molecule has 3 nitrogen and oxygen atoms in total. The fourth-order valence-electron chi connectivity index (χ4n) is 0.718. The van der Waals surface area contributed by atoms with Gasteiger partial charge in [0.25, 0.3) is 0 Å². The Balaban J connectivity index is 2.63. The van der Waals surface area contributed by atoms with E-state index in [1.54, 1.807) is 12.1 Å². The fourth-order valence-corrected chi connectivity index (χ4v) is 0.901. The molecule has 0 aromatic heterocycles. The number of nitrogens with one attached hydrogen (secondary N) is 2. The van der Waals surface area contributed by atoms with Crippen molar-refractivity contribution in [3.8, 4) is 0 Å². The summed E-state index contributed by atoms with van der Waals surface area (Å²) in [4.78, 5) is 10.5. The van der Waals surface area contributed by atoms with E-state index in [1.807, 2.05) is 12.1 Å². The van der Waals surface area contributed by atoms with Crippen LogP contribution in [0.3, 0.4) is 0 Å². The highest BCUT2D eigenvalue weighted by Gasteiger charge is 1.96. The van der Waals surface area contributed by atoms with Crippen LogP contribution in [0, 0.1) is 0 Å². The van der Waals surface area contributed by atoms with Gasteiger partial charge in [-0.05, 0) is 12.1 Å². The summed E-state index contributed by atoms with van der Waals surface area (Å²) in [6, 6.07) is 7.17. The fraction of sp³-hybridized carbons (Fsp3) is 0.125. The molecule has 0 unspecified atom stereocenters. The van der Waals surface area contributed by atoms with Crippen LogP contribution in [0.4, 0.5) is 5.69 Å². The van der Waals surface area contributed by atoms with Gasteiger partial charge >= 0.3 is 0 Å². The average molecular weight is 185 g/mol. The monoisotopic (exact) mass is 184 g/mol. The molecule has 0 saturated carbocycles. The Bertz CT molecular complexity index is 288. The number of rotatable bonds is 2. The lowest BCUT2D eigenvalue weighted by molar-refractivity contribution is -0.118. The number of hydrogen-bond donors (Lipinski definition) is 2. The number of anilines is 1. The van der Waals surface area contributed by atoms with Crippen molar-refractivity contribution in [3.63, 3.8) is 0 Å². The van der Waals surface area contributed by atoms with Crippen molar-refractivity contribution in [1.82, 2.24) is 5.43 Å². The minimum atomic E-state index is -0.157. The van der Waals surface area contributed by atoms with Gasteiger partial charge in [0.2, 0.25) is 5.91 Å². The Morgan fingerprint density at radius 1 is 1.42 bits per heavy atom. The topological polar surface area (TPSA) is 41.1 Å². The van der Waals surface area contributed by atoms with E-state index >= 15 is 0 Å². The number of para-hydroxylation sites is 1. The quantitative estimate of drug-likeness (QED) is 0.689. The summed E-state index contributed by atoms with van der Waals surface area (Å²) in [5, 5.41) is 0.575. The molecule has 0 radical (unpaired) electrons.